The van der Waals surface area contributed by atoms with Crippen LogP contribution >= 0.6 is 0 Å². The first-order chi connectivity index (χ1) is 16.5. The van der Waals surface area contributed by atoms with E-state index >= 15 is 0 Å². The molecule has 1 saturated carbocycles. The minimum Gasteiger partial charge on any atom is -0.352 e. The van der Waals surface area contributed by atoms with Gasteiger partial charge in [-0.15, -0.1) is 0 Å². The van der Waals surface area contributed by atoms with Crippen molar-refractivity contribution in [1.82, 2.24) is 10.2 Å². The summed E-state index contributed by atoms with van der Waals surface area (Å²) in [6.07, 6.45) is 6.10. The quantitative estimate of drug-likeness (QED) is 0.565. The third-order valence-corrected chi connectivity index (χ3v) is 7.49. The van der Waals surface area contributed by atoms with Gasteiger partial charge < -0.3 is 10.2 Å². The summed E-state index contributed by atoms with van der Waals surface area (Å²) in [4.78, 5) is 28.1. The van der Waals surface area contributed by atoms with Crippen LogP contribution in [0.25, 0.3) is 0 Å². The molecule has 1 fully saturated rings. The lowest BCUT2D eigenvalue weighted by atomic mass is 9.95. The van der Waals surface area contributed by atoms with Gasteiger partial charge in [-0.1, -0.05) is 49.1 Å². The molecule has 0 spiro atoms. The van der Waals surface area contributed by atoms with E-state index in [-0.39, 0.29) is 24.2 Å². The van der Waals surface area contributed by atoms with Gasteiger partial charge in [0.05, 0.1) is 11.9 Å². The van der Waals surface area contributed by atoms with Gasteiger partial charge in [0.15, 0.2) is 0 Å². The van der Waals surface area contributed by atoms with Crippen LogP contribution in [0.3, 0.4) is 0 Å². The van der Waals surface area contributed by atoms with Gasteiger partial charge in [0, 0.05) is 12.6 Å². The van der Waals surface area contributed by atoms with Crippen LogP contribution in [-0.2, 0) is 26.2 Å². The van der Waals surface area contributed by atoms with E-state index < -0.39 is 34.3 Å². The van der Waals surface area contributed by atoms with Crippen molar-refractivity contribution in [2.75, 3.05) is 17.1 Å². The highest BCUT2D eigenvalue weighted by Gasteiger charge is 2.31. The third-order valence-electron chi connectivity index (χ3n) is 6.35. The van der Waals surface area contributed by atoms with Crippen LogP contribution in [0.4, 0.5) is 10.1 Å². The van der Waals surface area contributed by atoms with Crippen molar-refractivity contribution >= 4 is 27.5 Å². The first kappa shape index (κ1) is 26.7. The molecule has 0 heterocycles. The summed E-state index contributed by atoms with van der Waals surface area (Å²) in [7, 11) is -3.84. The summed E-state index contributed by atoms with van der Waals surface area (Å²) in [5, 5.41) is 3.07. The summed E-state index contributed by atoms with van der Waals surface area (Å²) in [6, 6.07) is 11.8. The fourth-order valence-electron chi connectivity index (χ4n) is 4.38. The molecule has 2 aromatic carbocycles. The lowest BCUT2D eigenvalue weighted by Crippen LogP contribution is -2.52. The summed E-state index contributed by atoms with van der Waals surface area (Å²) < 4.78 is 39.4. The molecule has 35 heavy (non-hydrogen) atoms. The highest BCUT2D eigenvalue weighted by Crippen LogP contribution is 2.21. The molecule has 1 aliphatic carbocycles. The first-order valence-electron chi connectivity index (χ1n) is 11.9. The summed E-state index contributed by atoms with van der Waals surface area (Å²) in [5.74, 6) is -1.29. The minimum absolute atomic E-state index is 0.0846. The Morgan fingerprint density at radius 3 is 2.34 bits per heavy atom. The van der Waals surface area contributed by atoms with E-state index in [4.69, 9.17) is 0 Å². The monoisotopic (exact) mass is 503 g/mol. The molecule has 0 radical (unpaired) electrons. The zero-order valence-electron chi connectivity index (χ0n) is 20.5. The highest BCUT2D eigenvalue weighted by atomic mass is 32.2. The Morgan fingerprint density at radius 2 is 1.74 bits per heavy atom. The molecule has 1 aliphatic rings. The van der Waals surface area contributed by atoms with Gasteiger partial charge in [-0.3, -0.25) is 13.9 Å². The van der Waals surface area contributed by atoms with Crippen molar-refractivity contribution in [3.63, 3.8) is 0 Å². The van der Waals surface area contributed by atoms with E-state index in [2.05, 4.69) is 5.32 Å². The van der Waals surface area contributed by atoms with Crippen molar-refractivity contribution in [2.24, 2.45) is 0 Å². The Hall–Kier alpha value is -2.94. The average molecular weight is 504 g/mol. The zero-order valence-corrected chi connectivity index (χ0v) is 21.4. The van der Waals surface area contributed by atoms with Crippen molar-refractivity contribution in [1.29, 1.82) is 0 Å². The maximum absolute atomic E-state index is 13.5. The molecule has 0 saturated heterocycles. The largest absolute Gasteiger partial charge is 0.352 e. The van der Waals surface area contributed by atoms with Crippen molar-refractivity contribution in [3.05, 3.63) is 65.5 Å². The molecular formula is C26H34FN3O4S. The number of hydrogen-bond donors (Lipinski definition) is 1. The second kappa shape index (κ2) is 11.7. The molecule has 0 unspecified atom stereocenters. The second-order valence-corrected chi connectivity index (χ2v) is 11.2. The number of anilines is 1. The van der Waals surface area contributed by atoms with Crippen LogP contribution in [0.5, 0.6) is 0 Å². The highest BCUT2D eigenvalue weighted by molar-refractivity contribution is 7.92. The van der Waals surface area contributed by atoms with Crippen molar-refractivity contribution in [2.45, 2.75) is 64.6 Å². The Balaban J connectivity index is 1.86. The van der Waals surface area contributed by atoms with Crippen LogP contribution in [-0.4, -0.2) is 50.0 Å². The van der Waals surface area contributed by atoms with Gasteiger partial charge in [-0.05, 0) is 56.5 Å². The number of carbonyl (C=O) groups excluding carboxylic acids is 2. The smallest absolute Gasteiger partial charge is 0.244 e. The van der Waals surface area contributed by atoms with Crippen LogP contribution in [0, 0.1) is 12.7 Å². The van der Waals surface area contributed by atoms with E-state index in [1.54, 1.807) is 6.92 Å². The van der Waals surface area contributed by atoms with Gasteiger partial charge in [0.2, 0.25) is 21.8 Å². The average Bonchev–Trinajstić information content (AvgIpc) is 2.81. The van der Waals surface area contributed by atoms with Gasteiger partial charge in [-0.2, -0.15) is 0 Å². The summed E-state index contributed by atoms with van der Waals surface area (Å²) >= 11 is 0. The number of nitrogens with zero attached hydrogens (tertiary/aromatic N) is 2. The Kier molecular flexibility index (Phi) is 8.88. The summed E-state index contributed by atoms with van der Waals surface area (Å²) in [6.45, 7) is 3.25. The number of hydrogen-bond acceptors (Lipinski definition) is 4. The number of aryl methyl sites for hydroxylation is 1. The Bertz CT molecular complexity index is 1130. The number of amides is 2. The van der Waals surface area contributed by atoms with Crippen molar-refractivity contribution < 1.29 is 22.4 Å². The molecular weight excluding hydrogens is 469 g/mol. The first-order valence-corrected chi connectivity index (χ1v) is 13.8. The van der Waals surface area contributed by atoms with Gasteiger partial charge in [0.1, 0.15) is 18.4 Å². The molecule has 2 amide bonds. The number of sulfonamides is 1. The maximum atomic E-state index is 13.5. The number of carbonyl (C=O) groups is 2. The van der Waals surface area contributed by atoms with E-state index in [0.717, 1.165) is 65.9 Å². The standard InChI is InChI=1S/C26H34FN3O4S/c1-19-8-7-9-21(16-19)17-29(20(2)26(32)28-23-10-5-4-6-11-23)25(31)18-30(35(3,33)34)24-14-12-22(27)13-15-24/h7-9,12-16,20,23H,4-6,10-11,17-18H2,1-3H3,(H,28,32)/t20-/m1/s1. The predicted octanol–water partition coefficient (Wildman–Crippen LogP) is 3.77. The zero-order chi connectivity index (χ0) is 25.6. The Labute approximate surface area is 207 Å². The topological polar surface area (TPSA) is 86.8 Å². The van der Waals surface area contributed by atoms with Crippen LogP contribution in [0.1, 0.15) is 50.2 Å². The van der Waals surface area contributed by atoms with E-state index in [0.29, 0.717) is 0 Å². The van der Waals surface area contributed by atoms with Gasteiger partial charge in [0.25, 0.3) is 0 Å². The molecule has 0 aromatic heterocycles. The van der Waals surface area contributed by atoms with Crippen LogP contribution < -0.4 is 9.62 Å². The molecule has 3 rings (SSSR count). The minimum atomic E-state index is -3.84. The Morgan fingerprint density at radius 1 is 1.09 bits per heavy atom. The normalized spacial score (nSPS) is 15.3. The fraction of sp³-hybridized carbons (Fsp3) is 0.462. The van der Waals surface area contributed by atoms with Crippen molar-refractivity contribution in [3.8, 4) is 0 Å². The lowest BCUT2D eigenvalue weighted by molar-refractivity contribution is -0.139. The number of halogens is 1. The van der Waals surface area contributed by atoms with Crippen LogP contribution in [0.15, 0.2) is 48.5 Å². The number of benzene rings is 2. The third kappa shape index (κ3) is 7.52. The van der Waals surface area contributed by atoms with Gasteiger partial charge >= 0.3 is 0 Å². The van der Waals surface area contributed by atoms with E-state index in [9.17, 15) is 22.4 Å². The molecule has 2 aromatic rings. The van der Waals surface area contributed by atoms with Gasteiger partial charge in [-0.25, -0.2) is 12.8 Å². The molecule has 0 aliphatic heterocycles. The number of nitrogens with one attached hydrogen (secondary N) is 1. The predicted molar refractivity (Wildman–Crippen MR) is 135 cm³/mol. The molecule has 7 nitrogen and oxygen atoms in total. The second-order valence-electron chi connectivity index (χ2n) is 9.28. The fourth-order valence-corrected chi connectivity index (χ4v) is 5.23. The molecule has 0 bridgehead atoms. The molecule has 1 N–H and O–H groups in total. The molecule has 1 atom stereocenters. The SMILES string of the molecule is Cc1cccc(CN(C(=O)CN(c2ccc(F)cc2)S(C)(=O)=O)[C@H](C)C(=O)NC2CCCCC2)c1. The molecule has 9 heteroatoms. The van der Waals surface area contributed by atoms with E-state index in [1.165, 1.54) is 17.0 Å². The lowest BCUT2D eigenvalue weighted by Gasteiger charge is -2.33. The summed E-state index contributed by atoms with van der Waals surface area (Å²) in [5.41, 5.74) is 2.03. The number of rotatable bonds is 9. The molecule has 190 valence electrons. The van der Waals surface area contributed by atoms with Crippen LogP contribution in [0.2, 0.25) is 0 Å². The maximum Gasteiger partial charge on any atom is 0.244 e. The van der Waals surface area contributed by atoms with E-state index in [1.807, 2.05) is 31.2 Å².